The van der Waals surface area contributed by atoms with Crippen LogP contribution in [0.5, 0.6) is 0 Å². The van der Waals surface area contributed by atoms with Gasteiger partial charge in [-0.05, 0) is 31.5 Å². The normalized spacial score (nSPS) is 13.2. The van der Waals surface area contributed by atoms with Crippen molar-refractivity contribution < 1.29 is 22.8 Å². The number of hydrogen-bond acceptors (Lipinski definition) is 4. The van der Waals surface area contributed by atoms with Crippen molar-refractivity contribution in [2.75, 3.05) is 5.32 Å². The molecule has 0 aromatic heterocycles. The van der Waals surface area contributed by atoms with Gasteiger partial charge < -0.3 is 10.2 Å². The first-order chi connectivity index (χ1) is 11.4. The van der Waals surface area contributed by atoms with Gasteiger partial charge in [0.15, 0.2) is 17.5 Å². The molecule has 0 aliphatic rings. The maximum Gasteiger partial charge on any atom is 0.346 e. The Kier molecular flexibility index (Phi) is 5.81. The molecule has 24 heavy (non-hydrogen) atoms. The summed E-state index contributed by atoms with van der Waals surface area (Å²) in [6.45, 7) is 3.22. The molecule has 0 fully saturated rings. The van der Waals surface area contributed by atoms with Gasteiger partial charge >= 0.3 is 5.97 Å². The number of nitrogens with one attached hydrogen (secondary N) is 2. The first kappa shape index (κ1) is 17.8. The van der Waals surface area contributed by atoms with Crippen molar-refractivity contribution in [1.29, 1.82) is 0 Å². The molecule has 2 atom stereocenters. The third-order valence-corrected chi connectivity index (χ3v) is 3.40. The van der Waals surface area contributed by atoms with Gasteiger partial charge in [0.05, 0.1) is 11.7 Å². The third kappa shape index (κ3) is 4.26. The van der Waals surface area contributed by atoms with Gasteiger partial charge in [0.2, 0.25) is 0 Å². The zero-order valence-electron chi connectivity index (χ0n) is 13.1. The largest absolute Gasteiger partial charge is 0.370 e. The van der Waals surface area contributed by atoms with Gasteiger partial charge in [-0.1, -0.05) is 30.3 Å². The lowest BCUT2D eigenvalue weighted by Gasteiger charge is -2.18. The van der Waals surface area contributed by atoms with Gasteiger partial charge in [0.1, 0.15) is 6.04 Å². The van der Waals surface area contributed by atoms with Crippen LogP contribution in [0.2, 0.25) is 0 Å². The molecule has 0 aliphatic carbocycles. The molecule has 0 radical (unpaired) electrons. The first-order valence-electron chi connectivity index (χ1n) is 7.31. The average Bonchev–Trinajstić information content (AvgIpc) is 2.60. The lowest BCUT2D eigenvalue weighted by molar-refractivity contribution is -0.153. The smallest absolute Gasteiger partial charge is 0.346 e. The van der Waals surface area contributed by atoms with Crippen molar-refractivity contribution in [3.05, 3.63) is 65.5 Å². The maximum absolute atomic E-state index is 13.6. The fraction of sp³-hybridized carbons (Fsp3) is 0.235. The van der Waals surface area contributed by atoms with E-state index < -0.39 is 29.5 Å². The van der Waals surface area contributed by atoms with Crippen LogP contribution in [0.1, 0.15) is 25.5 Å². The van der Waals surface area contributed by atoms with Crippen LogP contribution in [0.3, 0.4) is 0 Å². The van der Waals surface area contributed by atoms with Gasteiger partial charge in [0, 0.05) is 0 Å². The highest BCUT2D eigenvalue weighted by atomic mass is 19.2. The highest BCUT2D eigenvalue weighted by molar-refractivity contribution is 5.78. The zero-order chi connectivity index (χ0) is 17.7. The van der Waals surface area contributed by atoms with Crippen molar-refractivity contribution in [3.8, 4) is 0 Å². The number of hydroxylamine groups is 1. The van der Waals surface area contributed by atoms with E-state index in [1.807, 2.05) is 30.3 Å². The number of anilines is 1. The van der Waals surface area contributed by atoms with E-state index in [4.69, 9.17) is 4.84 Å². The Hall–Kier alpha value is -2.54. The Balaban J connectivity index is 1.92. The minimum Gasteiger partial charge on any atom is -0.370 e. The summed E-state index contributed by atoms with van der Waals surface area (Å²) in [5, 5.41) is 2.45. The molecular formula is C17H17F3N2O2. The van der Waals surface area contributed by atoms with E-state index in [1.165, 1.54) is 6.92 Å². The second-order valence-electron chi connectivity index (χ2n) is 5.26. The van der Waals surface area contributed by atoms with Crippen molar-refractivity contribution in [2.45, 2.75) is 25.9 Å². The Morgan fingerprint density at radius 3 is 2.33 bits per heavy atom. The van der Waals surface area contributed by atoms with Crippen LogP contribution in [0.25, 0.3) is 0 Å². The van der Waals surface area contributed by atoms with Gasteiger partial charge in [-0.15, -0.1) is 5.48 Å². The maximum atomic E-state index is 13.6. The monoisotopic (exact) mass is 338 g/mol. The molecule has 0 unspecified atom stereocenters. The second kappa shape index (κ2) is 7.83. The lowest BCUT2D eigenvalue weighted by atomic mass is 10.1. The van der Waals surface area contributed by atoms with E-state index in [0.717, 1.165) is 17.7 Å². The molecule has 0 saturated carbocycles. The van der Waals surface area contributed by atoms with Crippen molar-refractivity contribution in [3.63, 3.8) is 0 Å². The van der Waals surface area contributed by atoms with Crippen molar-refractivity contribution >= 4 is 11.7 Å². The van der Waals surface area contributed by atoms with E-state index in [2.05, 4.69) is 10.8 Å². The van der Waals surface area contributed by atoms with E-state index in [1.54, 1.807) is 6.92 Å². The molecule has 4 nitrogen and oxygen atoms in total. The molecule has 0 amide bonds. The fourth-order valence-corrected chi connectivity index (χ4v) is 1.97. The Morgan fingerprint density at radius 2 is 1.67 bits per heavy atom. The summed E-state index contributed by atoms with van der Waals surface area (Å²) in [6.07, 6.45) is 0. The molecule has 0 spiro atoms. The van der Waals surface area contributed by atoms with Crippen LogP contribution < -0.4 is 10.8 Å². The SMILES string of the molecule is C[C@H](Nc1ccc(F)c(F)c1F)C(=O)ON[C@@H](C)c1ccccc1. The van der Waals surface area contributed by atoms with Crippen LogP contribution in [0.4, 0.5) is 18.9 Å². The molecule has 7 heteroatoms. The summed E-state index contributed by atoms with van der Waals surface area (Å²) in [4.78, 5) is 16.9. The fourth-order valence-electron chi connectivity index (χ4n) is 1.97. The molecule has 128 valence electrons. The van der Waals surface area contributed by atoms with Crippen LogP contribution in [0, 0.1) is 17.5 Å². The summed E-state index contributed by atoms with van der Waals surface area (Å²) in [5.74, 6) is -5.01. The summed E-state index contributed by atoms with van der Waals surface area (Å²) in [5.41, 5.74) is 3.17. The zero-order valence-corrected chi connectivity index (χ0v) is 13.1. The molecule has 2 aromatic carbocycles. The highest BCUT2D eigenvalue weighted by Gasteiger charge is 2.20. The molecule has 0 saturated heterocycles. The van der Waals surface area contributed by atoms with Crippen molar-refractivity contribution in [2.24, 2.45) is 0 Å². The van der Waals surface area contributed by atoms with E-state index >= 15 is 0 Å². The van der Waals surface area contributed by atoms with E-state index in [0.29, 0.717) is 0 Å². The number of hydrogen-bond donors (Lipinski definition) is 2. The summed E-state index contributed by atoms with van der Waals surface area (Å²) >= 11 is 0. The predicted molar refractivity (Wildman–Crippen MR) is 83.5 cm³/mol. The van der Waals surface area contributed by atoms with Gasteiger partial charge in [0.25, 0.3) is 0 Å². The minimum absolute atomic E-state index is 0.248. The van der Waals surface area contributed by atoms with E-state index in [-0.39, 0.29) is 11.7 Å². The van der Waals surface area contributed by atoms with Crippen LogP contribution in [-0.2, 0) is 9.63 Å². The quantitative estimate of drug-likeness (QED) is 0.623. The molecular weight excluding hydrogens is 321 g/mol. The summed E-state index contributed by atoms with van der Waals surface area (Å²) in [7, 11) is 0. The number of benzene rings is 2. The standard InChI is InChI=1S/C17H17F3N2O2/c1-10(12-6-4-3-5-7-12)22-24-17(23)11(2)21-14-9-8-13(18)15(19)16(14)20/h3-11,21-22H,1-2H3/t10-,11-/m0/s1. The van der Waals surface area contributed by atoms with Gasteiger partial charge in [-0.3, -0.25) is 0 Å². The summed E-state index contributed by atoms with van der Waals surface area (Å²) < 4.78 is 39.6. The third-order valence-electron chi connectivity index (χ3n) is 3.40. The van der Waals surface area contributed by atoms with Crippen LogP contribution in [-0.4, -0.2) is 12.0 Å². The molecule has 2 aromatic rings. The summed E-state index contributed by atoms with van der Waals surface area (Å²) in [6, 6.07) is 9.86. The molecule has 0 aliphatic heterocycles. The highest BCUT2D eigenvalue weighted by Crippen LogP contribution is 2.20. The minimum atomic E-state index is -1.60. The Labute approximate surface area is 137 Å². The van der Waals surface area contributed by atoms with Crippen LogP contribution in [0.15, 0.2) is 42.5 Å². The number of halogens is 3. The molecule has 0 heterocycles. The average molecular weight is 338 g/mol. The van der Waals surface area contributed by atoms with Crippen LogP contribution >= 0.6 is 0 Å². The molecule has 2 N–H and O–H groups in total. The van der Waals surface area contributed by atoms with Gasteiger partial charge in [-0.25, -0.2) is 18.0 Å². The lowest BCUT2D eigenvalue weighted by Crippen LogP contribution is -2.34. The van der Waals surface area contributed by atoms with Gasteiger partial charge in [-0.2, -0.15) is 0 Å². The molecule has 0 bridgehead atoms. The molecule has 2 rings (SSSR count). The van der Waals surface area contributed by atoms with E-state index in [9.17, 15) is 18.0 Å². The van der Waals surface area contributed by atoms with Crippen molar-refractivity contribution in [1.82, 2.24) is 5.48 Å². The topological polar surface area (TPSA) is 50.4 Å². The number of rotatable bonds is 6. The Bertz CT molecular complexity index is 710. The number of carbonyl (C=O) groups is 1. The Morgan fingerprint density at radius 1 is 1.00 bits per heavy atom. The predicted octanol–water partition coefficient (Wildman–Crippen LogP) is 3.71. The second-order valence-corrected chi connectivity index (χ2v) is 5.26. The first-order valence-corrected chi connectivity index (χ1v) is 7.31. The number of carbonyl (C=O) groups excluding carboxylic acids is 1.